The lowest BCUT2D eigenvalue weighted by Gasteiger charge is -2.14. The molecule has 0 fully saturated rings. The minimum atomic E-state index is -3.82. The number of aryl methyl sites for hydroxylation is 1. The molecule has 8 nitrogen and oxygen atoms in total. The first-order valence-electron chi connectivity index (χ1n) is 7.93. The van der Waals surface area contributed by atoms with Gasteiger partial charge in [-0.05, 0) is 42.8 Å². The molecule has 0 aromatic heterocycles. The van der Waals surface area contributed by atoms with E-state index >= 15 is 0 Å². The van der Waals surface area contributed by atoms with Crippen molar-refractivity contribution in [3.63, 3.8) is 0 Å². The molecule has 2 rings (SSSR count). The van der Waals surface area contributed by atoms with Gasteiger partial charge in [0.1, 0.15) is 4.90 Å². The van der Waals surface area contributed by atoms with Gasteiger partial charge in [0.15, 0.2) is 0 Å². The minimum Gasteiger partial charge on any atom is -0.322 e. The first kappa shape index (κ1) is 22.2. The number of carbonyl (C=O) groups excluding carboxylic acids is 1. The van der Waals surface area contributed by atoms with Crippen LogP contribution < -0.4 is 10.0 Å². The Morgan fingerprint density at radius 3 is 2.25 bits per heavy atom. The predicted molar refractivity (Wildman–Crippen MR) is 110 cm³/mol. The molecular weight excluding hydrogens is 426 g/mol. The van der Waals surface area contributed by atoms with Gasteiger partial charge < -0.3 is 5.32 Å². The summed E-state index contributed by atoms with van der Waals surface area (Å²) >= 11 is 5.99. The average molecular weight is 446 g/mol. The van der Waals surface area contributed by atoms with Gasteiger partial charge in [-0.15, -0.1) is 0 Å². The lowest BCUT2D eigenvalue weighted by atomic mass is 10.1. The molecule has 0 aliphatic carbocycles. The number of benzene rings is 2. The fourth-order valence-electron chi connectivity index (χ4n) is 2.25. The molecule has 0 unspecified atom stereocenters. The highest BCUT2D eigenvalue weighted by Gasteiger charge is 2.22. The number of hydrogen-bond donors (Lipinski definition) is 2. The fraction of sp³-hybridized carbons (Fsp3) is 0.235. The van der Waals surface area contributed by atoms with E-state index in [1.54, 1.807) is 19.1 Å². The number of nitrogens with one attached hydrogen (secondary N) is 2. The first-order chi connectivity index (χ1) is 12.8. The summed E-state index contributed by atoms with van der Waals surface area (Å²) in [6.07, 6.45) is 1.03. The van der Waals surface area contributed by atoms with Crippen molar-refractivity contribution in [3.8, 4) is 0 Å². The molecule has 0 spiro atoms. The van der Waals surface area contributed by atoms with Gasteiger partial charge in [-0.2, -0.15) is 0 Å². The van der Waals surface area contributed by atoms with E-state index < -0.39 is 26.0 Å². The van der Waals surface area contributed by atoms with E-state index in [1.807, 2.05) is 0 Å². The summed E-state index contributed by atoms with van der Waals surface area (Å²) in [6, 6.07) is 8.65. The van der Waals surface area contributed by atoms with Crippen LogP contribution in [0.5, 0.6) is 0 Å². The van der Waals surface area contributed by atoms with Gasteiger partial charge in [0, 0.05) is 25.3 Å². The molecule has 0 aliphatic rings. The molecule has 0 saturated heterocycles. The van der Waals surface area contributed by atoms with Crippen LogP contribution in [0.1, 0.15) is 15.9 Å². The van der Waals surface area contributed by atoms with Crippen molar-refractivity contribution in [1.82, 2.24) is 4.31 Å². The molecule has 0 bridgehead atoms. The summed E-state index contributed by atoms with van der Waals surface area (Å²) < 4.78 is 51.0. The van der Waals surface area contributed by atoms with Crippen molar-refractivity contribution in [1.29, 1.82) is 0 Å². The SMILES string of the molecule is Cc1ccc(NC(=O)c2ccc(Cl)c(S(=O)(=O)N(C)C)c2)cc1NS(C)(=O)=O. The smallest absolute Gasteiger partial charge is 0.255 e. The quantitative estimate of drug-likeness (QED) is 0.709. The molecule has 0 saturated carbocycles. The number of halogens is 1. The molecule has 0 radical (unpaired) electrons. The zero-order valence-electron chi connectivity index (χ0n) is 15.6. The largest absolute Gasteiger partial charge is 0.322 e. The summed E-state index contributed by atoms with van der Waals surface area (Å²) in [7, 11) is -4.58. The molecule has 152 valence electrons. The third kappa shape index (κ3) is 5.22. The second-order valence-corrected chi connectivity index (χ2v) is 10.6. The van der Waals surface area contributed by atoms with E-state index in [1.165, 1.54) is 38.4 Å². The van der Waals surface area contributed by atoms with E-state index in [0.717, 1.165) is 10.6 Å². The molecule has 0 aliphatic heterocycles. The van der Waals surface area contributed by atoms with Crippen LogP contribution in [0.3, 0.4) is 0 Å². The Morgan fingerprint density at radius 1 is 1.04 bits per heavy atom. The Kier molecular flexibility index (Phi) is 6.39. The van der Waals surface area contributed by atoms with Crippen molar-refractivity contribution < 1.29 is 21.6 Å². The molecule has 0 heterocycles. The second kappa shape index (κ2) is 8.08. The van der Waals surface area contributed by atoms with Crippen molar-refractivity contribution in [2.24, 2.45) is 0 Å². The van der Waals surface area contributed by atoms with Gasteiger partial charge in [-0.3, -0.25) is 9.52 Å². The van der Waals surface area contributed by atoms with Gasteiger partial charge in [-0.1, -0.05) is 17.7 Å². The van der Waals surface area contributed by atoms with Crippen LogP contribution >= 0.6 is 11.6 Å². The normalized spacial score (nSPS) is 12.1. The van der Waals surface area contributed by atoms with E-state index in [-0.39, 0.29) is 15.5 Å². The first-order valence-corrected chi connectivity index (χ1v) is 11.6. The molecule has 2 N–H and O–H groups in total. The summed E-state index contributed by atoms with van der Waals surface area (Å²) in [5.41, 5.74) is 1.43. The van der Waals surface area contributed by atoms with Crippen LogP contribution in [0.2, 0.25) is 5.02 Å². The number of sulfonamides is 2. The van der Waals surface area contributed by atoms with Crippen molar-refractivity contribution in [2.75, 3.05) is 30.4 Å². The van der Waals surface area contributed by atoms with Crippen LogP contribution in [0.4, 0.5) is 11.4 Å². The van der Waals surface area contributed by atoms with Gasteiger partial charge in [0.25, 0.3) is 5.91 Å². The Morgan fingerprint density at radius 2 is 1.68 bits per heavy atom. The van der Waals surface area contributed by atoms with Crippen molar-refractivity contribution >= 4 is 48.9 Å². The average Bonchev–Trinajstić information content (AvgIpc) is 2.56. The Balaban J connectivity index is 2.35. The summed E-state index contributed by atoms with van der Waals surface area (Å²) in [5.74, 6) is -0.568. The van der Waals surface area contributed by atoms with Crippen molar-refractivity contribution in [3.05, 3.63) is 52.5 Å². The number of hydrogen-bond acceptors (Lipinski definition) is 5. The molecule has 28 heavy (non-hydrogen) atoms. The fourth-order valence-corrected chi connectivity index (χ4v) is 4.26. The Hall–Kier alpha value is -2.14. The molecular formula is C17H20ClN3O5S2. The zero-order chi connectivity index (χ0) is 21.3. The van der Waals surface area contributed by atoms with Crippen LogP contribution in [0.15, 0.2) is 41.3 Å². The maximum absolute atomic E-state index is 12.6. The molecule has 2 aromatic rings. The number of amides is 1. The van der Waals surface area contributed by atoms with Gasteiger partial charge in [-0.25, -0.2) is 21.1 Å². The summed E-state index contributed by atoms with van der Waals surface area (Å²) in [4.78, 5) is 12.4. The van der Waals surface area contributed by atoms with Gasteiger partial charge >= 0.3 is 0 Å². The molecule has 1 amide bonds. The van der Waals surface area contributed by atoms with Crippen LogP contribution in [0.25, 0.3) is 0 Å². The Labute approximate surface area is 169 Å². The standard InChI is InChI=1S/C17H20ClN3O5S2/c1-11-5-7-13(10-15(11)20-27(4,23)24)19-17(22)12-6-8-14(18)16(9-12)28(25,26)21(2)3/h5-10,20H,1-4H3,(H,19,22). The van der Waals surface area contributed by atoms with Gasteiger partial charge in [0.2, 0.25) is 20.0 Å². The maximum atomic E-state index is 12.6. The lowest BCUT2D eigenvalue weighted by Crippen LogP contribution is -2.23. The van der Waals surface area contributed by atoms with Gasteiger partial charge in [0.05, 0.1) is 17.0 Å². The van der Waals surface area contributed by atoms with E-state index in [0.29, 0.717) is 16.9 Å². The zero-order valence-corrected chi connectivity index (χ0v) is 18.0. The minimum absolute atomic E-state index is 0.000208. The molecule has 0 atom stereocenters. The van der Waals surface area contributed by atoms with E-state index in [9.17, 15) is 21.6 Å². The third-order valence-electron chi connectivity index (χ3n) is 3.74. The van der Waals surface area contributed by atoms with Crippen LogP contribution in [-0.4, -0.2) is 47.4 Å². The lowest BCUT2D eigenvalue weighted by molar-refractivity contribution is 0.102. The Bertz CT molecular complexity index is 1130. The molecule has 2 aromatic carbocycles. The summed E-state index contributed by atoms with van der Waals surface area (Å²) in [5, 5.41) is 2.61. The van der Waals surface area contributed by atoms with Crippen LogP contribution in [-0.2, 0) is 20.0 Å². The van der Waals surface area contributed by atoms with E-state index in [2.05, 4.69) is 10.0 Å². The van der Waals surface area contributed by atoms with Crippen molar-refractivity contribution in [2.45, 2.75) is 11.8 Å². The number of carbonyl (C=O) groups is 1. The topological polar surface area (TPSA) is 113 Å². The highest BCUT2D eigenvalue weighted by molar-refractivity contribution is 7.92. The number of anilines is 2. The maximum Gasteiger partial charge on any atom is 0.255 e. The van der Waals surface area contributed by atoms with E-state index in [4.69, 9.17) is 11.6 Å². The highest BCUT2D eigenvalue weighted by atomic mass is 35.5. The second-order valence-electron chi connectivity index (χ2n) is 6.29. The summed E-state index contributed by atoms with van der Waals surface area (Å²) in [6.45, 7) is 1.72. The number of rotatable bonds is 6. The third-order valence-corrected chi connectivity index (χ3v) is 6.63. The monoisotopic (exact) mass is 445 g/mol. The number of nitrogens with zero attached hydrogens (tertiary/aromatic N) is 1. The van der Waals surface area contributed by atoms with Crippen LogP contribution in [0, 0.1) is 6.92 Å². The molecule has 11 heteroatoms. The predicted octanol–water partition coefficient (Wildman–Crippen LogP) is 2.52. The highest BCUT2D eigenvalue weighted by Crippen LogP contribution is 2.26.